The van der Waals surface area contributed by atoms with Crippen molar-refractivity contribution in [3.63, 3.8) is 0 Å². The topological polar surface area (TPSA) is 39.1 Å². The standard InChI is InChI=1S/C13H15ClIN3O/c1-19-5-4-16-7-10-2-3-11(14)6-13(10)18-9-12(15)8-17-18/h2-3,6,8-9,16H,4-5,7H2,1H3. The first kappa shape index (κ1) is 14.8. The molecule has 0 aliphatic carbocycles. The van der Waals surface area contributed by atoms with E-state index in [1.807, 2.05) is 35.3 Å². The van der Waals surface area contributed by atoms with Crippen LogP contribution in [0, 0.1) is 3.57 Å². The van der Waals surface area contributed by atoms with E-state index in [1.54, 1.807) is 7.11 Å². The van der Waals surface area contributed by atoms with E-state index in [9.17, 15) is 0 Å². The van der Waals surface area contributed by atoms with E-state index in [0.29, 0.717) is 11.6 Å². The molecule has 6 heteroatoms. The number of methoxy groups -OCH3 is 1. The molecule has 0 saturated carbocycles. The van der Waals surface area contributed by atoms with Crippen molar-refractivity contribution in [2.45, 2.75) is 6.54 Å². The molecule has 0 saturated heterocycles. The summed E-state index contributed by atoms with van der Waals surface area (Å²) in [6.45, 7) is 2.27. The minimum absolute atomic E-state index is 0.697. The van der Waals surface area contributed by atoms with Crippen LogP contribution in [0.5, 0.6) is 0 Å². The second-order valence-electron chi connectivity index (χ2n) is 4.05. The second-order valence-corrected chi connectivity index (χ2v) is 5.73. The molecular weight excluding hydrogens is 377 g/mol. The van der Waals surface area contributed by atoms with Gasteiger partial charge >= 0.3 is 0 Å². The zero-order valence-corrected chi connectivity index (χ0v) is 13.5. The largest absolute Gasteiger partial charge is 0.383 e. The number of ether oxygens (including phenoxy) is 1. The third-order valence-corrected chi connectivity index (χ3v) is 3.44. The van der Waals surface area contributed by atoms with E-state index < -0.39 is 0 Å². The quantitative estimate of drug-likeness (QED) is 0.608. The number of hydrogen-bond donors (Lipinski definition) is 1. The molecule has 2 aromatic rings. The number of aromatic nitrogens is 2. The van der Waals surface area contributed by atoms with Crippen molar-refractivity contribution in [3.8, 4) is 5.69 Å². The fraction of sp³-hybridized carbons (Fsp3) is 0.308. The Balaban J connectivity index is 2.18. The van der Waals surface area contributed by atoms with Crippen LogP contribution in [0.2, 0.25) is 5.02 Å². The number of nitrogens with one attached hydrogen (secondary N) is 1. The van der Waals surface area contributed by atoms with Gasteiger partial charge in [-0.05, 0) is 40.3 Å². The molecule has 1 N–H and O–H groups in total. The highest BCUT2D eigenvalue weighted by atomic mass is 127. The van der Waals surface area contributed by atoms with E-state index in [1.165, 1.54) is 0 Å². The molecule has 0 aliphatic heterocycles. The number of rotatable bonds is 6. The fourth-order valence-corrected chi connectivity index (χ4v) is 2.28. The lowest BCUT2D eigenvalue weighted by Gasteiger charge is -2.11. The van der Waals surface area contributed by atoms with Crippen molar-refractivity contribution in [1.29, 1.82) is 0 Å². The van der Waals surface area contributed by atoms with E-state index in [2.05, 4.69) is 33.0 Å². The molecular formula is C13H15ClIN3O. The molecule has 0 amide bonds. The molecule has 0 atom stereocenters. The molecule has 102 valence electrons. The summed E-state index contributed by atoms with van der Waals surface area (Å²) in [5.74, 6) is 0. The third-order valence-electron chi connectivity index (χ3n) is 2.64. The summed E-state index contributed by atoms with van der Waals surface area (Å²) in [7, 11) is 1.70. The summed E-state index contributed by atoms with van der Waals surface area (Å²) in [5, 5.41) is 8.37. The van der Waals surface area contributed by atoms with Gasteiger partial charge in [-0.1, -0.05) is 17.7 Å². The maximum absolute atomic E-state index is 6.07. The van der Waals surface area contributed by atoms with Crippen LogP contribution < -0.4 is 5.32 Å². The molecule has 4 nitrogen and oxygen atoms in total. The van der Waals surface area contributed by atoms with E-state index in [-0.39, 0.29) is 0 Å². The van der Waals surface area contributed by atoms with Crippen LogP contribution in [0.1, 0.15) is 5.56 Å². The Kier molecular flexibility index (Phi) is 5.62. The van der Waals surface area contributed by atoms with Crippen LogP contribution >= 0.6 is 34.2 Å². The summed E-state index contributed by atoms with van der Waals surface area (Å²) < 4.78 is 7.96. The Morgan fingerprint density at radius 1 is 1.47 bits per heavy atom. The van der Waals surface area contributed by atoms with Crippen molar-refractivity contribution in [1.82, 2.24) is 15.1 Å². The van der Waals surface area contributed by atoms with Gasteiger partial charge in [0.15, 0.2) is 0 Å². The summed E-state index contributed by atoms with van der Waals surface area (Å²) in [5.41, 5.74) is 2.15. The lowest BCUT2D eigenvalue weighted by molar-refractivity contribution is 0.199. The Bertz CT molecular complexity index is 544. The molecule has 1 heterocycles. The van der Waals surface area contributed by atoms with Crippen LogP contribution in [0.25, 0.3) is 5.69 Å². The molecule has 0 radical (unpaired) electrons. The van der Waals surface area contributed by atoms with Crippen LogP contribution in [0.15, 0.2) is 30.6 Å². The molecule has 2 rings (SSSR count). The molecule has 1 aromatic heterocycles. The van der Waals surface area contributed by atoms with Gasteiger partial charge < -0.3 is 10.1 Å². The zero-order valence-electron chi connectivity index (χ0n) is 10.6. The van der Waals surface area contributed by atoms with Gasteiger partial charge in [-0.2, -0.15) is 5.10 Å². The van der Waals surface area contributed by atoms with Gasteiger partial charge in [0.1, 0.15) is 0 Å². The van der Waals surface area contributed by atoms with Gasteiger partial charge in [0.2, 0.25) is 0 Å². The SMILES string of the molecule is COCCNCc1ccc(Cl)cc1-n1cc(I)cn1. The fourth-order valence-electron chi connectivity index (χ4n) is 1.73. The van der Waals surface area contributed by atoms with Crippen LogP contribution in [-0.2, 0) is 11.3 Å². The van der Waals surface area contributed by atoms with Crippen molar-refractivity contribution in [3.05, 3.63) is 44.7 Å². The first-order valence-electron chi connectivity index (χ1n) is 5.89. The highest BCUT2D eigenvalue weighted by Gasteiger charge is 2.07. The summed E-state index contributed by atoms with van der Waals surface area (Å²) in [6.07, 6.45) is 3.80. The van der Waals surface area contributed by atoms with Gasteiger partial charge in [-0.15, -0.1) is 0 Å². The van der Waals surface area contributed by atoms with Crippen LogP contribution in [0.3, 0.4) is 0 Å². The van der Waals surface area contributed by atoms with Gasteiger partial charge in [-0.3, -0.25) is 0 Å². The zero-order chi connectivity index (χ0) is 13.7. The summed E-state index contributed by atoms with van der Waals surface area (Å²) in [6, 6.07) is 5.84. The molecule has 0 fully saturated rings. The van der Waals surface area contributed by atoms with Gasteiger partial charge in [0.05, 0.1) is 22.1 Å². The highest BCUT2D eigenvalue weighted by molar-refractivity contribution is 14.1. The second kappa shape index (κ2) is 7.23. The monoisotopic (exact) mass is 391 g/mol. The normalized spacial score (nSPS) is 10.9. The molecule has 0 aliphatic rings. The molecule has 0 spiro atoms. The number of hydrogen-bond acceptors (Lipinski definition) is 3. The summed E-state index contributed by atoms with van der Waals surface area (Å²) in [4.78, 5) is 0. The average molecular weight is 392 g/mol. The Morgan fingerprint density at radius 2 is 2.32 bits per heavy atom. The number of benzene rings is 1. The highest BCUT2D eigenvalue weighted by Crippen LogP contribution is 2.20. The minimum Gasteiger partial charge on any atom is -0.383 e. The number of nitrogens with zero attached hydrogens (tertiary/aromatic N) is 2. The molecule has 0 unspecified atom stereocenters. The first-order chi connectivity index (χ1) is 9.20. The minimum atomic E-state index is 0.697. The predicted molar refractivity (Wildman–Crippen MR) is 84.9 cm³/mol. The van der Waals surface area contributed by atoms with Crippen molar-refractivity contribution >= 4 is 34.2 Å². The maximum Gasteiger partial charge on any atom is 0.0705 e. The molecule has 1 aromatic carbocycles. The lowest BCUT2D eigenvalue weighted by atomic mass is 10.2. The summed E-state index contributed by atoms with van der Waals surface area (Å²) >= 11 is 8.31. The van der Waals surface area contributed by atoms with Gasteiger partial charge in [0.25, 0.3) is 0 Å². The first-order valence-corrected chi connectivity index (χ1v) is 7.35. The molecule has 0 bridgehead atoms. The predicted octanol–water partition coefficient (Wildman–Crippen LogP) is 2.87. The maximum atomic E-state index is 6.07. The van der Waals surface area contributed by atoms with E-state index >= 15 is 0 Å². The lowest BCUT2D eigenvalue weighted by Crippen LogP contribution is -2.19. The molecule has 19 heavy (non-hydrogen) atoms. The Hall–Kier alpha value is -0.630. The third kappa shape index (κ3) is 4.17. The van der Waals surface area contributed by atoms with Crippen molar-refractivity contribution < 1.29 is 4.74 Å². The van der Waals surface area contributed by atoms with Crippen LogP contribution in [-0.4, -0.2) is 30.0 Å². The van der Waals surface area contributed by atoms with E-state index in [0.717, 1.165) is 27.9 Å². The van der Waals surface area contributed by atoms with Crippen molar-refractivity contribution in [2.75, 3.05) is 20.3 Å². The van der Waals surface area contributed by atoms with Crippen LogP contribution in [0.4, 0.5) is 0 Å². The van der Waals surface area contributed by atoms with Gasteiger partial charge in [-0.25, -0.2) is 4.68 Å². The Labute approximate surface area is 131 Å². The number of halogens is 2. The Morgan fingerprint density at radius 3 is 3.00 bits per heavy atom. The van der Waals surface area contributed by atoms with Crippen molar-refractivity contribution in [2.24, 2.45) is 0 Å². The average Bonchev–Trinajstić information content (AvgIpc) is 2.82. The van der Waals surface area contributed by atoms with E-state index in [4.69, 9.17) is 16.3 Å². The smallest absolute Gasteiger partial charge is 0.0705 e. The van der Waals surface area contributed by atoms with Gasteiger partial charge in [0, 0.05) is 31.4 Å².